The van der Waals surface area contributed by atoms with Crippen molar-refractivity contribution in [3.8, 4) is 0 Å². The van der Waals surface area contributed by atoms with Crippen LogP contribution < -0.4 is 5.76 Å². The second-order valence-corrected chi connectivity index (χ2v) is 5.68. The number of H-pyrrole nitrogens is 1. The van der Waals surface area contributed by atoms with Gasteiger partial charge in [0, 0.05) is 25.1 Å². The molecule has 5 heteroatoms. The van der Waals surface area contributed by atoms with E-state index in [2.05, 4.69) is 16.9 Å². The Morgan fingerprint density at radius 1 is 1.47 bits per heavy atom. The van der Waals surface area contributed by atoms with Gasteiger partial charge in [-0.25, -0.2) is 4.79 Å². The van der Waals surface area contributed by atoms with Gasteiger partial charge in [-0.1, -0.05) is 6.07 Å². The molecule has 1 fully saturated rings. The summed E-state index contributed by atoms with van der Waals surface area (Å²) >= 11 is 0. The fourth-order valence-corrected chi connectivity index (χ4v) is 2.58. The summed E-state index contributed by atoms with van der Waals surface area (Å²) in [5.41, 5.74) is 2.58. The van der Waals surface area contributed by atoms with Crippen LogP contribution in [0.2, 0.25) is 0 Å². The van der Waals surface area contributed by atoms with Crippen molar-refractivity contribution in [1.82, 2.24) is 9.88 Å². The van der Waals surface area contributed by atoms with Crippen LogP contribution in [0, 0.1) is 5.41 Å². The number of hydrogen-bond acceptors (Lipinski definition) is 4. The summed E-state index contributed by atoms with van der Waals surface area (Å²) in [6.45, 7) is 1.97. The molecule has 0 aliphatic heterocycles. The minimum Gasteiger partial charge on any atom is -0.408 e. The Morgan fingerprint density at radius 3 is 2.95 bits per heavy atom. The highest BCUT2D eigenvalue weighted by molar-refractivity contribution is 5.72. The first-order valence-electron chi connectivity index (χ1n) is 6.51. The molecule has 1 aliphatic rings. The molecule has 102 valence electrons. The van der Waals surface area contributed by atoms with Crippen LogP contribution in [0.4, 0.5) is 0 Å². The Balaban J connectivity index is 1.72. The third-order valence-corrected chi connectivity index (χ3v) is 3.83. The number of aromatic nitrogens is 1. The predicted octanol–water partition coefficient (Wildman–Crippen LogP) is 1.33. The van der Waals surface area contributed by atoms with Crippen molar-refractivity contribution in [2.24, 2.45) is 5.41 Å². The van der Waals surface area contributed by atoms with E-state index in [1.165, 1.54) is 0 Å². The summed E-state index contributed by atoms with van der Waals surface area (Å²) in [7, 11) is 2.05. The van der Waals surface area contributed by atoms with E-state index in [0.29, 0.717) is 5.58 Å². The van der Waals surface area contributed by atoms with Crippen LogP contribution in [0.15, 0.2) is 27.4 Å². The minimum absolute atomic E-state index is 0.128. The van der Waals surface area contributed by atoms with Gasteiger partial charge in [0.15, 0.2) is 5.58 Å². The first-order valence-corrected chi connectivity index (χ1v) is 6.51. The molecule has 1 aromatic heterocycles. The van der Waals surface area contributed by atoms with Crippen molar-refractivity contribution < 1.29 is 9.52 Å². The first-order chi connectivity index (χ1) is 9.10. The van der Waals surface area contributed by atoms with Gasteiger partial charge in [-0.2, -0.15) is 0 Å². The van der Waals surface area contributed by atoms with E-state index >= 15 is 0 Å². The molecule has 2 aromatic rings. The van der Waals surface area contributed by atoms with Crippen LogP contribution in [-0.4, -0.2) is 35.2 Å². The van der Waals surface area contributed by atoms with Crippen LogP contribution in [0.25, 0.3) is 11.1 Å². The Morgan fingerprint density at radius 2 is 2.26 bits per heavy atom. The van der Waals surface area contributed by atoms with E-state index in [1.54, 1.807) is 0 Å². The van der Waals surface area contributed by atoms with Gasteiger partial charge in [-0.15, -0.1) is 0 Å². The lowest BCUT2D eigenvalue weighted by Gasteiger charge is -2.22. The number of rotatable bonds is 5. The third kappa shape index (κ3) is 2.57. The molecule has 0 amide bonds. The predicted molar refractivity (Wildman–Crippen MR) is 71.9 cm³/mol. The molecule has 1 saturated carbocycles. The summed E-state index contributed by atoms with van der Waals surface area (Å²) in [4.78, 5) is 16.0. The molecule has 0 radical (unpaired) electrons. The fraction of sp³-hybridized carbons (Fsp3) is 0.500. The van der Waals surface area contributed by atoms with Crippen molar-refractivity contribution in [2.75, 3.05) is 20.2 Å². The number of benzene rings is 1. The summed E-state index contributed by atoms with van der Waals surface area (Å²) in [6, 6.07) is 5.72. The maximum absolute atomic E-state index is 11.1. The highest BCUT2D eigenvalue weighted by Crippen LogP contribution is 2.45. The first kappa shape index (κ1) is 12.4. The largest absolute Gasteiger partial charge is 0.417 e. The van der Waals surface area contributed by atoms with Gasteiger partial charge in [-0.05, 0) is 37.6 Å². The molecule has 0 bridgehead atoms. The smallest absolute Gasteiger partial charge is 0.408 e. The van der Waals surface area contributed by atoms with Crippen molar-refractivity contribution in [2.45, 2.75) is 19.4 Å². The quantitative estimate of drug-likeness (QED) is 0.852. The zero-order chi connectivity index (χ0) is 13.5. The second-order valence-electron chi connectivity index (χ2n) is 5.68. The lowest BCUT2D eigenvalue weighted by atomic mass is 10.1. The van der Waals surface area contributed by atoms with E-state index < -0.39 is 5.76 Å². The highest BCUT2D eigenvalue weighted by Gasteiger charge is 2.42. The molecular weight excluding hydrogens is 244 g/mol. The van der Waals surface area contributed by atoms with Gasteiger partial charge in [-0.3, -0.25) is 4.98 Å². The van der Waals surface area contributed by atoms with Gasteiger partial charge in [0.25, 0.3) is 0 Å². The van der Waals surface area contributed by atoms with Gasteiger partial charge in [0.05, 0.1) is 5.52 Å². The SMILES string of the molecule is CN(Cc1ccc2oc(=O)[nH]c2c1)CC1(CO)CC1. The number of oxazole rings is 1. The standard InChI is InChI=1S/C14H18N2O3/c1-16(8-14(9-17)4-5-14)7-10-2-3-12-11(6-10)15-13(18)19-12/h2-3,6,17H,4-5,7-9H2,1H3,(H,15,18). The van der Waals surface area contributed by atoms with E-state index in [0.717, 1.165) is 37.0 Å². The minimum atomic E-state index is -0.419. The van der Waals surface area contributed by atoms with E-state index in [1.807, 2.05) is 18.2 Å². The van der Waals surface area contributed by atoms with E-state index in [9.17, 15) is 9.90 Å². The van der Waals surface area contributed by atoms with Crippen LogP contribution in [0.3, 0.4) is 0 Å². The average Bonchev–Trinajstić information content (AvgIpc) is 3.03. The van der Waals surface area contributed by atoms with Crippen LogP contribution in [-0.2, 0) is 6.54 Å². The second kappa shape index (κ2) is 4.51. The normalized spacial score (nSPS) is 17.2. The summed E-state index contributed by atoms with van der Waals surface area (Å²) in [6.07, 6.45) is 2.23. The molecule has 0 saturated heterocycles. The average molecular weight is 262 g/mol. The Bertz CT molecular complexity index is 639. The van der Waals surface area contributed by atoms with Crippen molar-refractivity contribution in [3.05, 3.63) is 34.3 Å². The van der Waals surface area contributed by atoms with Crippen molar-refractivity contribution in [3.63, 3.8) is 0 Å². The number of aliphatic hydroxyl groups excluding tert-OH is 1. The molecule has 1 aromatic carbocycles. The molecule has 0 atom stereocenters. The monoisotopic (exact) mass is 262 g/mol. The molecule has 1 heterocycles. The van der Waals surface area contributed by atoms with Gasteiger partial charge < -0.3 is 14.4 Å². The number of aliphatic hydroxyl groups is 1. The number of aromatic amines is 1. The van der Waals surface area contributed by atoms with Crippen LogP contribution >= 0.6 is 0 Å². The third-order valence-electron chi connectivity index (χ3n) is 3.83. The molecule has 3 rings (SSSR count). The molecule has 5 nitrogen and oxygen atoms in total. The number of fused-ring (bicyclic) bond motifs is 1. The zero-order valence-corrected chi connectivity index (χ0v) is 11.0. The van der Waals surface area contributed by atoms with Gasteiger partial charge in [0.1, 0.15) is 0 Å². The number of nitrogens with one attached hydrogen (secondary N) is 1. The van der Waals surface area contributed by atoms with E-state index in [4.69, 9.17) is 4.42 Å². The Hall–Kier alpha value is -1.59. The molecule has 0 spiro atoms. The van der Waals surface area contributed by atoms with Crippen molar-refractivity contribution >= 4 is 11.1 Å². The topological polar surface area (TPSA) is 69.5 Å². The maximum Gasteiger partial charge on any atom is 0.417 e. The molecule has 2 N–H and O–H groups in total. The fourth-order valence-electron chi connectivity index (χ4n) is 2.58. The van der Waals surface area contributed by atoms with Crippen molar-refractivity contribution in [1.29, 1.82) is 0 Å². The summed E-state index contributed by atoms with van der Waals surface area (Å²) in [5.74, 6) is -0.419. The van der Waals surface area contributed by atoms with Gasteiger partial charge >= 0.3 is 5.76 Å². The van der Waals surface area contributed by atoms with Crippen LogP contribution in [0.1, 0.15) is 18.4 Å². The summed E-state index contributed by atoms with van der Waals surface area (Å²) < 4.78 is 4.98. The molecular formula is C14H18N2O3. The molecule has 0 unspecified atom stereocenters. The highest BCUT2D eigenvalue weighted by atomic mass is 16.4. The number of nitrogens with zero attached hydrogens (tertiary/aromatic N) is 1. The molecule has 19 heavy (non-hydrogen) atoms. The van der Waals surface area contributed by atoms with Crippen LogP contribution in [0.5, 0.6) is 0 Å². The van der Waals surface area contributed by atoms with Gasteiger partial charge in [0.2, 0.25) is 0 Å². The Labute approximate surface area is 110 Å². The zero-order valence-electron chi connectivity index (χ0n) is 11.0. The molecule has 1 aliphatic carbocycles. The lowest BCUT2D eigenvalue weighted by Crippen LogP contribution is -2.28. The maximum atomic E-state index is 11.1. The number of hydrogen-bond donors (Lipinski definition) is 2. The lowest BCUT2D eigenvalue weighted by molar-refractivity contribution is 0.161. The Kier molecular flexibility index (Phi) is 2.95. The summed E-state index contributed by atoms with van der Waals surface area (Å²) in [5, 5.41) is 9.34. The van der Waals surface area contributed by atoms with E-state index in [-0.39, 0.29) is 12.0 Å².